The van der Waals surface area contributed by atoms with E-state index in [-0.39, 0.29) is 5.91 Å². The van der Waals surface area contributed by atoms with Crippen LogP contribution in [0.3, 0.4) is 0 Å². The molecule has 0 heterocycles. The van der Waals surface area contributed by atoms with E-state index in [4.69, 9.17) is 4.84 Å². The van der Waals surface area contributed by atoms with Crippen LogP contribution >= 0.6 is 11.8 Å². The molecule has 0 aliphatic rings. The van der Waals surface area contributed by atoms with Crippen molar-refractivity contribution < 1.29 is 9.63 Å². The maximum atomic E-state index is 11.8. The summed E-state index contributed by atoms with van der Waals surface area (Å²) in [5, 5.41) is 1.20. The van der Waals surface area contributed by atoms with Crippen LogP contribution in [0.15, 0.2) is 35.3 Å². The average Bonchev–Trinajstić information content (AvgIpc) is 2.27. The Bertz CT molecular complexity index is 295. The minimum Gasteiger partial charge on any atom is -0.274 e. The lowest BCUT2D eigenvalue weighted by Gasteiger charge is -2.16. The lowest BCUT2D eigenvalue weighted by atomic mass is 10.2. The van der Waals surface area contributed by atoms with E-state index in [9.17, 15) is 4.79 Å². The summed E-state index contributed by atoms with van der Waals surface area (Å²) in [6, 6.07) is 0. The van der Waals surface area contributed by atoms with Gasteiger partial charge in [0.15, 0.2) is 0 Å². The molecule has 0 bridgehead atoms. The molecular weight excluding hydrogens is 210 g/mol. The Hall–Kier alpha value is -1.00. The molecule has 0 radical (unpaired) electrons. The van der Waals surface area contributed by atoms with E-state index >= 15 is 0 Å². The second-order valence-electron chi connectivity index (χ2n) is 2.66. The Kier molecular flexibility index (Phi) is 6.83. The lowest BCUT2D eigenvalue weighted by Crippen LogP contribution is -2.27. The zero-order valence-corrected chi connectivity index (χ0v) is 10.4. The van der Waals surface area contributed by atoms with Crippen LogP contribution in [0, 0.1) is 0 Å². The average molecular weight is 227 g/mol. The summed E-state index contributed by atoms with van der Waals surface area (Å²) < 4.78 is 0. The smallest absolute Gasteiger partial charge is 0.274 e. The molecule has 0 aromatic heterocycles. The monoisotopic (exact) mass is 227 g/mol. The van der Waals surface area contributed by atoms with Gasteiger partial charge in [0.1, 0.15) is 0 Å². The molecule has 84 valence electrons. The highest BCUT2D eigenvalue weighted by Crippen LogP contribution is 2.23. The van der Waals surface area contributed by atoms with Crippen molar-refractivity contribution >= 4 is 17.7 Å². The van der Waals surface area contributed by atoms with E-state index < -0.39 is 0 Å². The molecule has 3 nitrogen and oxygen atoms in total. The lowest BCUT2D eigenvalue weighted by molar-refractivity contribution is -0.163. The Labute approximate surface area is 95.4 Å². The Morgan fingerprint density at radius 1 is 1.53 bits per heavy atom. The van der Waals surface area contributed by atoms with Crippen molar-refractivity contribution in [3.05, 3.63) is 35.3 Å². The number of hydroxylamine groups is 2. The van der Waals surface area contributed by atoms with Crippen LogP contribution in [-0.4, -0.2) is 31.4 Å². The highest BCUT2D eigenvalue weighted by Gasteiger charge is 2.16. The van der Waals surface area contributed by atoms with Gasteiger partial charge in [0, 0.05) is 12.0 Å². The Morgan fingerprint density at radius 3 is 2.47 bits per heavy atom. The van der Waals surface area contributed by atoms with Crippen molar-refractivity contribution in [2.75, 3.05) is 20.4 Å². The standard InChI is InChI=1S/C11H17NO2S/c1-6-8-10(15-5)9(7-2)11(13)12(3)14-4/h6-8H,1H2,2-5H3/b9-7+,10-8+. The van der Waals surface area contributed by atoms with E-state index in [0.717, 1.165) is 4.91 Å². The molecule has 0 unspecified atom stereocenters. The summed E-state index contributed by atoms with van der Waals surface area (Å²) in [5.74, 6) is -0.164. The molecule has 0 saturated carbocycles. The van der Waals surface area contributed by atoms with Crippen LogP contribution < -0.4 is 0 Å². The van der Waals surface area contributed by atoms with Crippen LogP contribution in [-0.2, 0) is 9.63 Å². The molecule has 1 amide bonds. The molecule has 0 rings (SSSR count). The maximum Gasteiger partial charge on any atom is 0.277 e. The third-order valence-corrected chi connectivity index (χ3v) is 2.63. The normalized spacial score (nSPS) is 12.5. The third kappa shape index (κ3) is 3.93. The largest absolute Gasteiger partial charge is 0.277 e. The fourth-order valence-corrected chi connectivity index (χ4v) is 1.66. The van der Waals surface area contributed by atoms with Gasteiger partial charge in [-0.3, -0.25) is 9.63 Å². The molecule has 4 heteroatoms. The summed E-state index contributed by atoms with van der Waals surface area (Å²) in [6.07, 6.45) is 7.15. The van der Waals surface area contributed by atoms with Crippen molar-refractivity contribution in [1.29, 1.82) is 0 Å². The predicted molar refractivity (Wildman–Crippen MR) is 65.3 cm³/mol. The Morgan fingerprint density at radius 2 is 2.13 bits per heavy atom. The number of hydrogen-bond acceptors (Lipinski definition) is 3. The first kappa shape index (κ1) is 14.0. The highest BCUT2D eigenvalue weighted by molar-refractivity contribution is 8.02. The van der Waals surface area contributed by atoms with Crippen LogP contribution in [0.4, 0.5) is 0 Å². The second-order valence-corrected chi connectivity index (χ2v) is 3.51. The Balaban J connectivity index is 5.00. The number of likely N-dealkylation sites (N-methyl/N-ethyl adjacent to an activating group) is 1. The zero-order valence-electron chi connectivity index (χ0n) is 9.61. The summed E-state index contributed by atoms with van der Waals surface area (Å²) in [4.78, 5) is 17.5. The van der Waals surface area contributed by atoms with Gasteiger partial charge in [-0.25, -0.2) is 5.06 Å². The number of thioether (sulfide) groups is 1. The first-order valence-electron chi connectivity index (χ1n) is 4.47. The number of allylic oxidation sites excluding steroid dienone is 3. The van der Waals surface area contributed by atoms with Gasteiger partial charge in [-0.1, -0.05) is 18.7 Å². The van der Waals surface area contributed by atoms with E-state index in [2.05, 4.69) is 6.58 Å². The van der Waals surface area contributed by atoms with Crippen molar-refractivity contribution in [1.82, 2.24) is 5.06 Å². The van der Waals surface area contributed by atoms with Gasteiger partial charge in [-0.05, 0) is 19.3 Å². The fourth-order valence-electron chi connectivity index (χ4n) is 0.998. The minimum atomic E-state index is -0.164. The van der Waals surface area contributed by atoms with Crippen molar-refractivity contribution in [2.45, 2.75) is 6.92 Å². The maximum absolute atomic E-state index is 11.8. The zero-order chi connectivity index (χ0) is 11.8. The number of hydrogen-bond donors (Lipinski definition) is 0. The van der Waals surface area contributed by atoms with Crippen molar-refractivity contribution in [3.8, 4) is 0 Å². The number of amides is 1. The quantitative estimate of drug-likeness (QED) is 0.410. The minimum absolute atomic E-state index is 0.164. The number of carbonyl (C=O) groups excluding carboxylic acids is 1. The fraction of sp³-hybridized carbons (Fsp3) is 0.364. The van der Waals surface area contributed by atoms with E-state index in [1.807, 2.05) is 13.2 Å². The van der Waals surface area contributed by atoms with Crippen molar-refractivity contribution in [2.24, 2.45) is 0 Å². The summed E-state index contributed by atoms with van der Waals surface area (Å²) >= 11 is 1.50. The molecule has 15 heavy (non-hydrogen) atoms. The van der Waals surface area contributed by atoms with Gasteiger partial charge in [-0.2, -0.15) is 0 Å². The predicted octanol–water partition coefficient (Wildman–Crippen LogP) is 2.39. The van der Waals surface area contributed by atoms with E-state index in [0.29, 0.717) is 5.57 Å². The summed E-state index contributed by atoms with van der Waals surface area (Å²) in [7, 11) is 3.04. The molecule has 0 aromatic carbocycles. The van der Waals surface area contributed by atoms with Crippen molar-refractivity contribution in [3.63, 3.8) is 0 Å². The molecule has 0 aromatic rings. The molecule has 0 aliphatic heterocycles. The van der Waals surface area contributed by atoms with Gasteiger partial charge in [0.25, 0.3) is 5.91 Å². The van der Waals surface area contributed by atoms with E-state index in [1.54, 1.807) is 25.3 Å². The van der Waals surface area contributed by atoms with Gasteiger partial charge >= 0.3 is 0 Å². The summed E-state index contributed by atoms with van der Waals surface area (Å²) in [6.45, 7) is 5.44. The summed E-state index contributed by atoms with van der Waals surface area (Å²) in [5.41, 5.74) is 0.617. The SMILES string of the molecule is C=C/C=C(SC)\C(=C/C)C(=O)N(C)OC. The highest BCUT2D eigenvalue weighted by atomic mass is 32.2. The molecular formula is C11H17NO2S. The molecule has 0 saturated heterocycles. The second kappa shape index (κ2) is 7.31. The topological polar surface area (TPSA) is 29.5 Å². The molecule has 0 atom stereocenters. The molecule has 0 fully saturated rings. The van der Waals surface area contributed by atoms with Crippen LogP contribution in [0.5, 0.6) is 0 Å². The first-order chi connectivity index (χ1) is 7.12. The molecule has 0 aliphatic carbocycles. The van der Waals surface area contributed by atoms with Crippen LogP contribution in [0.1, 0.15) is 6.92 Å². The van der Waals surface area contributed by atoms with E-state index in [1.165, 1.54) is 23.9 Å². The van der Waals surface area contributed by atoms with Crippen LogP contribution in [0.25, 0.3) is 0 Å². The van der Waals surface area contributed by atoms with Gasteiger partial charge in [0.2, 0.25) is 0 Å². The third-order valence-electron chi connectivity index (χ3n) is 1.83. The molecule has 0 spiro atoms. The van der Waals surface area contributed by atoms with Crippen LogP contribution in [0.2, 0.25) is 0 Å². The first-order valence-corrected chi connectivity index (χ1v) is 5.70. The molecule has 0 N–H and O–H groups in total. The number of nitrogens with zero attached hydrogens (tertiary/aromatic N) is 1. The van der Waals surface area contributed by atoms with Gasteiger partial charge in [-0.15, -0.1) is 11.8 Å². The van der Waals surface area contributed by atoms with Gasteiger partial charge < -0.3 is 0 Å². The number of carbonyl (C=O) groups is 1. The van der Waals surface area contributed by atoms with Gasteiger partial charge in [0.05, 0.1) is 12.7 Å². The number of rotatable bonds is 5.